The topological polar surface area (TPSA) is 71.2 Å². The first-order valence-electron chi connectivity index (χ1n) is 9.38. The van der Waals surface area contributed by atoms with E-state index < -0.39 is 5.82 Å². The number of piperidine rings is 1. The van der Waals surface area contributed by atoms with Crippen molar-refractivity contribution in [2.24, 2.45) is 10.7 Å². The monoisotopic (exact) mass is 416 g/mol. The van der Waals surface area contributed by atoms with Gasteiger partial charge in [-0.3, -0.25) is 9.79 Å². The molecule has 1 fully saturated rings. The van der Waals surface area contributed by atoms with Gasteiger partial charge in [0.05, 0.1) is 29.6 Å². The summed E-state index contributed by atoms with van der Waals surface area (Å²) in [4.78, 5) is 22.2. The fourth-order valence-corrected chi connectivity index (χ4v) is 3.99. The second-order valence-electron chi connectivity index (χ2n) is 6.89. The van der Waals surface area contributed by atoms with Crippen molar-refractivity contribution < 1.29 is 13.9 Å². The zero-order chi connectivity index (χ0) is 20.8. The van der Waals surface area contributed by atoms with Gasteiger partial charge in [-0.15, -0.1) is 11.3 Å². The van der Waals surface area contributed by atoms with E-state index in [1.165, 1.54) is 43.0 Å². The van der Waals surface area contributed by atoms with E-state index >= 15 is 0 Å². The number of halogens is 1. The molecule has 1 aromatic carbocycles. The van der Waals surface area contributed by atoms with Gasteiger partial charge in [-0.1, -0.05) is 6.07 Å². The van der Waals surface area contributed by atoms with Gasteiger partial charge >= 0.3 is 0 Å². The van der Waals surface area contributed by atoms with Crippen LogP contribution in [0.5, 0.6) is 5.75 Å². The Hall–Kier alpha value is -2.71. The van der Waals surface area contributed by atoms with E-state index in [4.69, 9.17) is 10.5 Å². The van der Waals surface area contributed by atoms with Gasteiger partial charge in [0.15, 0.2) is 0 Å². The highest BCUT2D eigenvalue weighted by atomic mass is 32.1. The predicted molar refractivity (Wildman–Crippen MR) is 114 cm³/mol. The summed E-state index contributed by atoms with van der Waals surface area (Å²) < 4.78 is 18.8. The van der Waals surface area contributed by atoms with E-state index in [1.54, 1.807) is 17.0 Å². The van der Waals surface area contributed by atoms with Crippen LogP contribution >= 0.6 is 11.3 Å². The van der Waals surface area contributed by atoms with Crippen molar-refractivity contribution in [2.45, 2.75) is 18.9 Å². The van der Waals surface area contributed by atoms with Gasteiger partial charge in [0, 0.05) is 24.4 Å². The normalized spacial score (nSPS) is 16.3. The molecule has 3 rings (SSSR count). The number of nitrogens with two attached hydrogens (primary N) is 1. The van der Waals surface area contributed by atoms with Crippen LogP contribution in [0.3, 0.4) is 0 Å². The van der Waals surface area contributed by atoms with Crippen LogP contribution in [0.1, 0.15) is 22.5 Å². The molecule has 0 aliphatic carbocycles. The number of rotatable bonds is 6. The maximum atomic E-state index is 13.8. The number of carbonyl (C=O) groups is 1. The van der Waals surface area contributed by atoms with Gasteiger partial charge < -0.3 is 20.3 Å². The van der Waals surface area contributed by atoms with Crippen LogP contribution in [-0.4, -0.2) is 55.2 Å². The predicted octanol–water partition coefficient (Wildman–Crippen LogP) is 3.63. The van der Waals surface area contributed by atoms with E-state index in [1.807, 2.05) is 11.4 Å². The molecule has 2 aromatic rings. The molecule has 0 spiro atoms. The second-order valence-corrected chi connectivity index (χ2v) is 7.83. The smallest absolute Gasteiger partial charge is 0.268 e. The molecule has 0 unspecified atom stereocenters. The lowest BCUT2D eigenvalue weighted by molar-refractivity contribution is 0.0697. The number of amides is 1. The van der Waals surface area contributed by atoms with Crippen molar-refractivity contribution in [3.05, 3.63) is 58.3 Å². The lowest BCUT2D eigenvalue weighted by Crippen LogP contribution is -2.46. The van der Waals surface area contributed by atoms with Crippen LogP contribution in [0.15, 0.2) is 52.6 Å². The molecule has 2 N–H and O–H groups in total. The molecule has 154 valence electrons. The molecule has 2 heterocycles. The minimum atomic E-state index is -0.448. The fourth-order valence-electron chi connectivity index (χ4n) is 3.33. The summed E-state index contributed by atoms with van der Waals surface area (Å²) >= 11 is 1.39. The molecule has 1 aliphatic heterocycles. The van der Waals surface area contributed by atoms with E-state index in [0.717, 1.165) is 25.9 Å². The highest BCUT2D eigenvalue weighted by Gasteiger charge is 2.30. The molecular formula is C21H25FN4O2S. The van der Waals surface area contributed by atoms with Crippen LogP contribution in [0.4, 0.5) is 10.1 Å². The summed E-state index contributed by atoms with van der Waals surface area (Å²) in [5, 5.41) is 1.87. The SMILES string of the molecule is COc1cc(F)cc(N=CC(=CN)N(C(=O)c2cccs2)C2CCN(C)CC2)c1. The number of thiophene rings is 1. The van der Waals surface area contributed by atoms with E-state index in [2.05, 4.69) is 16.9 Å². The van der Waals surface area contributed by atoms with Gasteiger partial charge in [0.25, 0.3) is 5.91 Å². The molecule has 1 aliphatic rings. The average molecular weight is 417 g/mol. The van der Waals surface area contributed by atoms with Crippen molar-refractivity contribution in [3.8, 4) is 5.75 Å². The molecule has 1 aromatic heterocycles. The number of ether oxygens (including phenoxy) is 1. The molecule has 8 heteroatoms. The first-order chi connectivity index (χ1) is 14.0. The summed E-state index contributed by atoms with van der Waals surface area (Å²) in [7, 11) is 3.54. The number of aliphatic imine (C=N–C) groups is 1. The maximum absolute atomic E-state index is 13.8. The lowest BCUT2D eigenvalue weighted by atomic mass is 10.0. The number of hydrogen-bond donors (Lipinski definition) is 1. The number of carbonyl (C=O) groups excluding carboxylic acids is 1. The summed E-state index contributed by atoms with van der Waals surface area (Å²) in [6.45, 7) is 1.80. The molecule has 1 amide bonds. The minimum absolute atomic E-state index is 0.0177. The average Bonchev–Trinajstić information content (AvgIpc) is 3.26. The van der Waals surface area contributed by atoms with Crippen molar-refractivity contribution in [1.82, 2.24) is 9.80 Å². The lowest BCUT2D eigenvalue weighted by Gasteiger charge is -2.37. The van der Waals surface area contributed by atoms with Crippen molar-refractivity contribution >= 4 is 29.1 Å². The van der Waals surface area contributed by atoms with Gasteiger partial charge in [0.1, 0.15) is 11.6 Å². The second kappa shape index (κ2) is 9.67. The zero-order valence-electron chi connectivity index (χ0n) is 16.5. The largest absolute Gasteiger partial charge is 0.497 e. The molecular weight excluding hydrogens is 391 g/mol. The Balaban J connectivity index is 1.90. The van der Waals surface area contributed by atoms with Crippen LogP contribution in [-0.2, 0) is 0 Å². The van der Waals surface area contributed by atoms with Crippen LogP contribution in [0.25, 0.3) is 0 Å². The molecule has 0 saturated carbocycles. The number of likely N-dealkylation sites (tertiary alicyclic amines) is 1. The van der Waals surface area contributed by atoms with Crippen LogP contribution < -0.4 is 10.5 Å². The summed E-state index contributed by atoms with van der Waals surface area (Å²) in [5.41, 5.74) is 6.77. The number of methoxy groups -OCH3 is 1. The minimum Gasteiger partial charge on any atom is -0.497 e. The third-order valence-electron chi connectivity index (χ3n) is 4.89. The van der Waals surface area contributed by atoms with Crippen LogP contribution in [0, 0.1) is 5.82 Å². The first kappa shape index (κ1) is 21.0. The third-order valence-corrected chi connectivity index (χ3v) is 5.75. The van der Waals surface area contributed by atoms with E-state index in [-0.39, 0.29) is 11.9 Å². The summed E-state index contributed by atoms with van der Waals surface area (Å²) in [5.74, 6) is -0.177. The Kier molecular flexibility index (Phi) is 7.00. The number of nitrogens with zero attached hydrogens (tertiary/aromatic N) is 3. The van der Waals surface area contributed by atoms with Crippen LogP contribution in [0.2, 0.25) is 0 Å². The van der Waals surface area contributed by atoms with Gasteiger partial charge in [-0.2, -0.15) is 0 Å². The van der Waals surface area contributed by atoms with Gasteiger partial charge in [-0.25, -0.2) is 4.39 Å². The van der Waals surface area contributed by atoms with Crippen molar-refractivity contribution in [1.29, 1.82) is 0 Å². The van der Waals surface area contributed by atoms with Crippen molar-refractivity contribution in [3.63, 3.8) is 0 Å². The highest BCUT2D eigenvalue weighted by Crippen LogP contribution is 2.26. The number of allylic oxidation sites excluding steroid dienone is 1. The Morgan fingerprint density at radius 2 is 2.14 bits per heavy atom. The Bertz CT molecular complexity index is 890. The Morgan fingerprint density at radius 3 is 2.76 bits per heavy atom. The third kappa shape index (κ3) is 5.21. The molecule has 6 nitrogen and oxygen atoms in total. The molecule has 0 bridgehead atoms. The first-order valence-corrected chi connectivity index (χ1v) is 10.3. The quantitative estimate of drug-likeness (QED) is 0.730. The fraction of sp³-hybridized carbons (Fsp3) is 0.333. The summed E-state index contributed by atoms with van der Waals surface area (Å²) in [6.07, 6.45) is 4.57. The molecule has 0 radical (unpaired) electrons. The Labute approximate surface area is 174 Å². The van der Waals surface area contributed by atoms with Crippen molar-refractivity contribution in [2.75, 3.05) is 27.2 Å². The maximum Gasteiger partial charge on any atom is 0.268 e. The number of hydrogen-bond acceptors (Lipinski definition) is 6. The molecule has 1 saturated heterocycles. The Morgan fingerprint density at radius 1 is 1.38 bits per heavy atom. The van der Waals surface area contributed by atoms with Gasteiger partial charge in [-0.05, 0) is 50.5 Å². The van der Waals surface area contributed by atoms with E-state index in [0.29, 0.717) is 22.0 Å². The van der Waals surface area contributed by atoms with E-state index in [9.17, 15) is 9.18 Å². The molecule has 0 atom stereocenters. The number of benzene rings is 1. The highest BCUT2D eigenvalue weighted by molar-refractivity contribution is 7.12. The zero-order valence-corrected chi connectivity index (χ0v) is 17.4. The summed E-state index contributed by atoms with van der Waals surface area (Å²) in [6, 6.07) is 7.87. The molecule has 29 heavy (non-hydrogen) atoms. The van der Waals surface area contributed by atoms with Gasteiger partial charge in [0.2, 0.25) is 0 Å². The standard InChI is InChI=1S/C21H25FN4O2S/c1-25-7-5-17(6-8-25)26(21(27)20-4-3-9-29-20)18(13-23)14-24-16-10-15(22)11-19(12-16)28-2/h3-4,9-14,17H,5-8,23H2,1-2H3.